The van der Waals surface area contributed by atoms with Crippen LogP contribution in [0, 0.1) is 0 Å². The fourth-order valence-corrected chi connectivity index (χ4v) is 1.84. The molecular weight excluding hydrogens is 255 g/mol. The molecule has 0 aromatic heterocycles. The minimum Gasteiger partial charge on any atom is -0.442 e. The normalized spacial score (nSPS) is 28.2. The molecule has 0 N–H and O–H groups in total. The molecule has 0 amide bonds. The minimum atomic E-state index is -0.378. The minimum absolute atomic E-state index is 0.313. The summed E-state index contributed by atoms with van der Waals surface area (Å²) in [6, 6.07) is 0. The molecular formula is C9H8BrClO2. The molecule has 70 valence electrons. The van der Waals surface area contributed by atoms with Crippen LogP contribution >= 0.6 is 27.5 Å². The highest BCUT2D eigenvalue weighted by atomic mass is 79.9. The molecule has 0 aromatic carbocycles. The van der Waals surface area contributed by atoms with Gasteiger partial charge >= 0.3 is 5.97 Å². The lowest BCUT2D eigenvalue weighted by Crippen LogP contribution is -1.97. The maximum atomic E-state index is 11.2. The van der Waals surface area contributed by atoms with Gasteiger partial charge < -0.3 is 4.74 Å². The van der Waals surface area contributed by atoms with Crippen molar-refractivity contribution >= 4 is 33.5 Å². The van der Waals surface area contributed by atoms with E-state index in [4.69, 9.17) is 16.3 Å². The smallest absolute Gasteiger partial charge is 0.340 e. The number of carbonyl (C=O) groups is 1. The van der Waals surface area contributed by atoms with E-state index in [1.165, 1.54) is 6.08 Å². The van der Waals surface area contributed by atoms with E-state index in [-0.39, 0.29) is 11.0 Å². The van der Waals surface area contributed by atoms with Gasteiger partial charge in [-0.15, -0.1) is 0 Å². The first-order chi connectivity index (χ1) is 6.06. The van der Waals surface area contributed by atoms with Gasteiger partial charge in [-0.2, -0.15) is 0 Å². The van der Waals surface area contributed by atoms with Gasteiger partial charge in [-0.05, 0) is 28.9 Å². The summed E-state index contributed by atoms with van der Waals surface area (Å²) >= 11 is 8.78. The summed E-state index contributed by atoms with van der Waals surface area (Å²) in [7, 11) is 0. The summed E-state index contributed by atoms with van der Waals surface area (Å²) in [5.74, 6) is -0.378. The number of esters is 1. The SMILES string of the molecule is C=C(Cl)/C=C1/C(=O)OC(Br)/C1=C/C. The Morgan fingerprint density at radius 2 is 2.38 bits per heavy atom. The number of hydrogen-bond donors (Lipinski definition) is 0. The van der Waals surface area contributed by atoms with Gasteiger partial charge in [0.15, 0.2) is 5.01 Å². The fourth-order valence-electron chi connectivity index (χ4n) is 1.05. The molecule has 1 rings (SSSR count). The van der Waals surface area contributed by atoms with Crippen molar-refractivity contribution in [1.29, 1.82) is 0 Å². The predicted molar refractivity (Wildman–Crippen MR) is 55.6 cm³/mol. The average Bonchev–Trinajstić information content (AvgIpc) is 2.26. The van der Waals surface area contributed by atoms with Crippen molar-refractivity contribution in [3.63, 3.8) is 0 Å². The summed E-state index contributed by atoms with van der Waals surface area (Å²) in [6.07, 6.45) is 3.30. The molecule has 0 spiro atoms. The van der Waals surface area contributed by atoms with E-state index < -0.39 is 0 Å². The van der Waals surface area contributed by atoms with E-state index in [1.54, 1.807) is 6.08 Å². The van der Waals surface area contributed by atoms with Crippen molar-refractivity contribution < 1.29 is 9.53 Å². The average molecular weight is 264 g/mol. The van der Waals surface area contributed by atoms with Crippen molar-refractivity contribution in [2.75, 3.05) is 0 Å². The van der Waals surface area contributed by atoms with Gasteiger partial charge in [-0.25, -0.2) is 4.79 Å². The zero-order valence-corrected chi connectivity index (χ0v) is 9.35. The van der Waals surface area contributed by atoms with E-state index in [1.807, 2.05) is 6.92 Å². The van der Waals surface area contributed by atoms with E-state index in [0.29, 0.717) is 10.6 Å². The third kappa shape index (κ3) is 2.23. The second kappa shape index (κ2) is 4.11. The Labute approximate surface area is 90.0 Å². The van der Waals surface area contributed by atoms with Crippen molar-refractivity contribution in [3.05, 3.63) is 34.9 Å². The first kappa shape index (κ1) is 10.5. The first-order valence-corrected chi connectivity index (χ1v) is 4.93. The van der Waals surface area contributed by atoms with Crippen LogP contribution in [0.25, 0.3) is 0 Å². The second-order valence-corrected chi connectivity index (χ2v) is 3.79. The number of ether oxygens (including phenoxy) is 1. The van der Waals surface area contributed by atoms with Crippen molar-refractivity contribution in [2.24, 2.45) is 0 Å². The van der Waals surface area contributed by atoms with Gasteiger partial charge in [-0.1, -0.05) is 24.3 Å². The summed E-state index contributed by atoms with van der Waals surface area (Å²) in [6.45, 7) is 5.32. The molecule has 4 heteroatoms. The van der Waals surface area contributed by atoms with Crippen molar-refractivity contribution in [2.45, 2.75) is 11.9 Å². The Bertz CT molecular complexity index is 318. The zero-order chi connectivity index (χ0) is 10.0. The number of carbonyl (C=O) groups excluding carboxylic acids is 1. The highest BCUT2D eigenvalue weighted by molar-refractivity contribution is 9.09. The van der Waals surface area contributed by atoms with Crippen LogP contribution in [0.3, 0.4) is 0 Å². The molecule has 1 saturated heterocycles. The zero-order valence-electron chi connectivity index (χ0n) is 7.01. The largest absolute Gasteiger partial charge is 0.442 e. The monoisotopic (exact) mass is 262 g/mol. The molecule has 1 heterocycles. The van der Waals surface area contributed by atoms with E-state index in [9.17, 15) is 4.79 Å². The standard InChI is InChI=1S/C9H8BrClO2/c1-3-6-7(4-5(2)11)9(12)13-8(6)10/h3-4,8H,2H2,1H3/b6-3+,7-4+. The Hall–Kier alpha value is -0.540. The van der Waals surface area contributed by atoms with Crippen LogP contribution in [0.4, 0.5) is 0 Å². The quantitative estimate of drug-likeness (QED) is 0.413. The molecule has 0 saturated carbocycles. The second-order valence-electron chi connectivity index (χ2n) is 2.47. The molecule has 1 aliphatic rings. The number of halogens is 2. The first-order valence-electron chi connectivity index (χ1n) is 3.64. The van der Waals surface area contributed by atoms with Gasteiger partial charge in [0.25, 0.3) is 0 Å². The van der Waals surface area contributed by atoms with Crippen LogP contribution in [0.1, 0.15) is 6.92 Å². The Morgan fingerprint density at radius 3 is 2.85 bits per heavy atom. The third-order valence-corrected chi connectivity index (χ3v) is 2.39. The lowest BCUT2D eigenvalue weighted by molar-refractivity contribution is -0.135. The van der Waals surface area contributed by atoms with Gasteiger partial charge in [-0.3, -0.25) is 0 Å². The molecule has 13 heavy (non-hydrogen) atoms. The summed E-state index contributed by atoms with van der Waals surface area (Å²) < 4.78 is 4.92. The van der Waals surface area contributed by atoms with Gasteiger partial charge in [0.05, 0.1) is 5.57 Å². The molecule has 1 atom stereocenters. The van der Waals surface area contributed by atoms with Crippen LogP contribution in [-0.4, -0.2) is 11.0 Å². The Balaban J connectivity index is 3.08. The topological polar surface area (TPSA) is 26.3 Å². The lowest BCUT2D eigenvalue weighted by Gasteiger charge is -1.98. The van der Waals surface area contributed by atoms with Gasteiger partial charge in [0, 0.05) is 10.6 Å². The van der Waals surface area contributed by atoms with Crippen molar-refractivity contribution in [3.8, 4) is 0 Å². The van der Waals surface area contributed by atoms with Crippen LogP contribution in [0.2, 0.25) is 0 Å². The number of allylic oxidation sites excluding steroid dienone is 3. The molecule has 0 aromatic rings. The van der Waals surface area contributed by atoms with Gasteiger partial charge in [0.2, 0.25) is 0 Å². The lowest BCUT2D eigenvalue weighted by atomic mass is 10.1. The van der Waals surface area contributed by atoms with Crippen molar-refractivity contribution in [1.82, 2.24) is 0 Å². The molecule has 1 unspecified atom stereocenters. The van der Waals surface area contributed by atoms with E-state index in [0.717, 1.165) is 5.57 Å². The Kier molecular flexibility index (Phi) is 3.33. The summed E-state index contributed by atoms with van der Waals surface area (Å²) in [4.78, 5) is 11.2. The van der Waals surface area contributed by atoms with Crippen LogP contribution in [0.5, 0.6) is 0 Å². The number of cyclic esters (lactones) is 1. The highest BCUT2D eigenvalue weighted by Gasteiger charge is 2.31. The maximum absolute atomic E-state index is 11.2. The number of rotatable bonds is 1. The number of alkyl halides is 1. The highest BCUT2D eigenvalue weighted by Crippen LogP contribution is 2.31. The Morgan fingerprint density at radius 1 is 1.77 bits per heavy atom. The molecule has 0 radical (unpaired) electrons. The number of hydrogen-bond acceptors (Lipinski definition) is 2. The molecule has 1 fully saturated rings. The molecule has 0 aliphatic carbocycles. The molecule has 0 bridgehead atoms. The van der Waals surface area contributed by atoms with E-state index in [2.05, 4.69) is 22.5 Å². The van der Waals surface area contributed by atoms with Gasteiger partial charge in [0.1, 0.15) is 0 Å². The maximum Gasteiger partial charge on any atom is 0.340 e. The third-order valence-electron chi connectivity index (χ3n) is 1.60. The van der Waals surface area contributed by atoms with E-state index >= 15 is 0 Å². The summed E-state index contributed by atoms with van der Waals surface area (Å²) in [5, 5.41) is -0.0554. The van der Waals surface area contributed by atoms with Crippen LogP contribution < -0.4 is 0 Å². The fraction of sp³-hybridized carbons (Fsp3) is 0.222. The molecule has 1 aliphatic heterocycles. The van der Waals surface area contributed by atoms with Crippen LogP contribution in [-0.2, 0) is 9.53 Å². The van der Waals surface area contributed by atoms with Crippen LogP contribution in [0.15, 0.2) is 34.9 Å². The summed E-state index contributed by atoms with van der Waals surface area (Å²) in [5.41, 5.74) is 1.25. The predicted octanol–water partition coefficient (Wildman–Crippen LogP) is 2.89. The molecule has 2 nitrogen and oxygen atoms in total.